The van der Waals surface area contributed by atoms with Crippen molar-refractivity contribution >= 4 is 18.0 Å². The number of carbonyl (C=O) groups excluding carboxylic acids is 2. The number of nitrogens with one attached hydrogen (secondary N) is 1. The topological polar surface area (TPSA) is 95.9 Å². The van der Waals surface area contributed by atoms with E-state index in [-0.39, 0.29) is 19.1 Å². The molecule has 2 amide bonds. The van der Waals surface area contributed by atoms with E-state index < -0.39 is 30.6 Å². The number of hydrogen-bond donors (Lipinski definition) is 2. The van der Waals surface area contributed by atoms with Gasteiger partial charge in [-0.25, -0.2) is 4.79 Å². The number of nitrogens with zero attached hydrogens (tertiary/aromatic N) is 1. The molecule has 1 aliphatic carbocycles. The highest BCUT2D eigenvalue weighted by Crippen LogP contribution is 2.44. The van der Waals surface area contributed by atoms with Gasteiger partial charge in [0.15, 0.2) is 0 Å². The van der Waals surface area contributed by atoms with E-state index in [2.05, 4.69) is 11.2 Å². The normalized spacial score (nSPS) is 12.5. The summed E-state index contributed by atoms with van der Waals surface area (Å²) in [6.07, 6.45) is 4.54. The van der Waals surface area contributed by atoms with Crippen molar-refractivity contribution in [2.45, 2.75) is 12.0 Å². The average molecular weight is 469 g/mol. The Bertz CT molecular complexity index is 1240. The number of fused-ring (bicyclic) bond motifs is 3. The Morgan fingerprint density at radius 3 is 2.09 bits per heavy atom. The maximum atomic E-state index is 13.2. The van der Waals surface area contributed by atoms with Gasteiger partial charge in [0.25, 0.3) is 5.91 Å². The largest absolute Gasteiger partial charge is 0.480 e. The second kappa shape index (κ2) is 10.6. The van der Waals surface area contributed by atoms with Crippen LogP contribution in [0.2, 0.25) is 0 Å². The number of carboxylic acids is 1. The Balaban J connectivity index is 1.52. The van der Waals surface area contributed by atoms with Gasteiger partial charge in [-0.05, 0) is 27.8 Å². The molecule has 0 aromatic heterocycles. The summed E-state index contributed by atoms with van der Waals surface area (Å²) >= 11 is 0. The van der Waals surface area contributed by atoms with Gasteiger partial charge in [-0.2, -0.15) is 0 Å². The molecule has 0 radical (unpaired) electrons. The van der Waals surface area contributed by atoms with Crippen molar-refractivity contribution in [3.05, 3.63) is 95.6 Å². The molecular formula is C28H24N2O5. The number of rotatable bonds is 8. The quantitative estimate of drug-likeness (QED) is 0.490. The van der Waals surface area contributed by atoms with Crippen molar-refractivity contribution in [3.8, 4) is 23.5 Å². The molecule has 0 heterocycles. The third-order valence-electron chi connectivity index (χ3n) is 5.91. The maximum absolute atomic E-state index is 13.2. The first-order valence-corrected chi connectivity index (χ1v) is 11.1. The van der Waals surface area contributed by atoms with Crippen LogP contribution in [0, 0.1) is 12.3 Å². The molecule has 1 atom stereocenters. The summed E-state index contributed by atoms with van der Waals surface area (Å²) in [5, 5.41) is 11.8. The molecule has 3 aromatic carbocycles. The molecule has 0 spiro atoms. The van der Waals surface area contributed by atoms with Crippen LogP contribution in [0.1, 0.15) is 28.7 Å². The maximum Gasteiger partial charge on any atom is 0.408 e. The first-order valence-electron chi connectivity index (χ1n) is 11.1. The molecule has 35 heavy (non-hydrogen) atoms. The van der Waals surface area contributed by atoms with E-state index >= 15 is 0 Å². The Hall–Kier alpha value is -4.57. The summed E-state index contributed by atoms with van der Waals surface area (Å²) in [6, 6.07) is 23.4. The van der Waals surface area contributed by atoms with Crippen molar-refractivity contribution in [3.63, 3.8) is 0 Å². The van der Waals surface area contributed by atoms with E-state index in [1.165, 1.54) is 0 Å². The van der Waals surface area contributed by atoms with Crippen molar-refractivity contribution in [1.29, 1.82) is 0 Å². The van der Waals surface area contributed by atoms with Crippen molar-refractivity contribution in [2.24, 2.45) is 0 Å². The lowest BCUT2D eigenvalue weighted by atomic mass is 9.98. The van der Waals surface area contributed by atoms with Crippen molar-refractivity contribution in [2.75, 3.05) is 19.7 Å². The van der Waals surface area contributed by atoms with Gasteiger partial charge >= 0.3 is 12.1 Å². The number of alkyl carbamates (subject to hydrolysis) is 1. The summed E-state index contributed by atoms with van der Waals surface area (Å²) in [7, 11) is 0. The number of terminal acetylenes is 1. The fraction of sp³-hybridized carbons (Fsp3) is 0.179. The van der Waals surface area contributed by atoms with E-state index in [0.29, 0.717) is 5.56 Å². The minimum absolute atomic E-state index is 0.0821. The fourth-order valence-corrected chi connectivity index (χ4v) is 4.36. The molecule has 3 aromatic rings. The number of carbonyl (C=O) groups is 3. The third kappa shape index (κ3) is 5.17. The van der Waals surface area contributed by atoms with E-state index in [1.807, 2.05) is 48.5 Å². The zero-order chi connectivity index (χ0) is 24.8. The van der Waals surface area contributed by atoms with Crippen LogP contribution in [0.5, 0.6) is 0 Å². The minimum atomic E-state index is -1.21. The SMILES string of the molecule is C#CCN(CC(=O)O)C(=O)C(NC(=O)OCC1c2ccccc2-c2ccccc21)c1ccccc1. The zero-order valence-corrected chi connectivity index (χ0v) is 18.9. The molecule has 0 bridgehead atoms. The number of carboxylic acid groups (broad SMARTS) is 1. The van der Waals surface area contributed by atoms with Crippen molar-refractivity contribution in [1.82, 2.24) is 10.2 Å². The van der Waals surface area contributed by atoms with Crippen LogP contribution in [-0.2, 0) is 14.3 Å². The van der Waals surface area contributed by atoms with E-state index in [4.69, 9.17) is 11.2 Å². The Labute approximate surface area is 203 Å². The molecule has 7 nitrogen and oxygen atoms in total. The molecule has 1 unspecified atom stereocenters. The number of ether oxygens (including phenoxy) is 1. The fourth-order valence-electron chi connectivity index (χ4n) is 4.36. The Kier molecular flexibility index (Phi) is 7.12. The predicted octanol–water partition coefficient (Wildman–Crippen LogP) is 3.81. The van der Waals surface area contributed by atoms with Gasteiger partial charge in [0, 0.05) is 5.92 Å². The summed E-state index contributed by atoms with van der Waals surface area (Å²) in [5.41, 5.74) is 4.83. The Morgan fingerprint density at radius 2 is 1.51 bits per heavy atom. The summed E-state index contributed by atoms with van der Waals surface area (Å²) < 4.78 is 5.59. The standard InChI is InChI=1S/C28H24N2O5/c1-2-16-30(17-25(31)32)27(33)26(19-10-4-3-5-11-19)29-28(34)35-18-24-22-14-8-6-12-20(22)21-13-7-9-15-23(21)24/h1,3-15,24,26H,16-18H2,(H,29,34)(H,31,32). The molecule has 0 aliphatic heterocycles. The first-order chi connectivity index (χ1) is 17.0. The van der Waals surface area contributed by atoms with Crippen LogP contribution in [-0.4, -0.2) is 47.7 Å². The van der Waals surface area contributed by atoms with Gasteiger partial charge in [-0.15, -0.1) is 6.42 Å². The molecule has 0 saturated heterocycles. The number of amides is 2. The van der Waals surface area contributed by atoms with E-state index in [1.54, 1.807) is 30.3 Å². The van der Waals surface area contributed by atoms with Crippen LogP contribution >= 0.6 is 0 Å². The van der Waals surface area contributed by atoms with Gasteiger partial charge in [0.1, 0.15) is 19.2 Å². The molecule has 2 N–H and O–H groups in total. The Morgan fingerprint density at radius 1 is 0.943 bits per heavy atom. The number of aliphatic carboxylic acids is 1. The monoisotopic (exact) mass is 468 g/mol. The van der Waals surface area contributed by atoms with Gasteiger partial charge in [0.2, 0.25) is 0 Å². The summed E-state index contributed by atoms with van der Waals surface area (Å²) in [6.45, 7) is -0.710. The lowest BCUT2D eigenvalue weighted by Gasteiger charge is -2.25. The van der Waals surface area contributed by atoms with E-state index in [0.717, 1.165) is 27.2 Å². The smallest absolute Gasteiger partial charge is 0.408 e. The van der Waals surface area contributed by atoms with E-state index in [9.17, 15) is 19.5 Å². The van der Waals surface area contributed by atoms with Gasteiger partial charge in [-0.1, -0.05) is 84.8 Å². The van der Waals surface area contributed by atoms with Crippen LogP contribution < -0.4 is 5.32 Å². The molecular weight excluding hydrogens is 444 g/mol. The molecule has 4 rings (SSSR count). The molecule has 7 heteroatoms. The van der Waals surface area contributed by atoms with Gasteiger partial charge in [0.05, 0.1) is 6.54 Å². The predicted molar refractivity (Wildman–Crippen MR) is 130 cm³/mol. The second-order valence-electron chi connectivity index (χ2n) is 8.11. The molecule has 176 valence electrons. The van der Waals surface area contributed by atoms with Crippen LogP contribution in [0.25, 0.3) is 11.1 Å². The molecule has 0 fully saturated rings. The third-order valence-corrected chi connectivity index (χ3v) is 5.91. The highest BCUT2D eigenvalue weighted by molar-refractivity contribution is 5.89. The lowest BCUT2D eigenvalue weighted by molar-refractivity contribution is -0.144. The average Bonchev–Trinajstić information content (AvgIpc) is 3.19. The number of hydrogen-bond acceptors (Lipinski definition) is 4. The van der Waals surface area contributed by atoms with Crippen LogP contribution in [0.4, 0.5) is 4.79 Å². The van der Waals surface area contributed by atoms with Gasteiger partial charge < -0.3 is 20.1 Å². The molecule has 1 aliphatic rings. The van der Waals surface area contributed by atoms with Crippen LogP contribution in [0.15, 0.2) is 78.9 Å². The highest BCUT2D eigenvalue weighted by atomic mass is 16.5. The van der Waals surface area contributed by atoms with Crippen LogP contribution in [0.3, 0.4) is 0 Å². The second-order valence-corrected chi connectivity index (χ2v) is 8.11. The number of benzene rings is 3. The first kappa shape index (κ1) is 23.6. The lowest BCUT2D eigenvalue weighted by Crippen LogP contribution is -2.45. The van der Waals surface area contributed by atoms with Crippen molar-refractivity contribution < 1.29 is 24.2 Å². The van der Waals surface area contributed by atoms with Gasteiger partial charge in [-0.3, -0.25) is 9.59 Å². The summed E-state index contributed by atoms with van der Waals surface area (Å²) in [4.78, 5) is 38.3. The summed E-state index contributed by atoms with van der Waals surface area (Å²) in [5.74, 6) is 0.316. The minimum Gasteiger partial charge on any atom is -0.480 e. The zero-order valence-electron chi connectivity index (χ0n) is 18.9. The molecule has 0 saturated carbocycles. The highest BCUT2D eigenvalue weighted by Gasteiger charge is 2.31.